The van der Waals surface area contributed by atoms with Crippen molar-refractivity contribution in [1.82, 2.24) is 0 Å². The van der Waals surface area contributed by atoms with Gasteiger partial charge in [0, 0.05) is 19.3 Å². The summed E-state index contributed by atoms with van der Waals surface area (Å²) in [4.78, 5) is 11.8. The van der Waals surface area contributed by atoms with Crippen LogP contribution in [-0.4, -0.2) is 77.9 Å². The first-order valence-electron chi connectivity index (χ1n) is 14.5. The van der Waals surface area contributed by atoms with Crippen LogP contribution < -0.4 is 0 Å². The number of rotatable bonds is 10. The zero-order valence-corrected chi connectivity index (χ0v) is 23.2. The summed E-state index contributed by atoms with van der Waals surface area (Å²) in [5.41, 5.74) is -0.336. The second kappa shape index (κ2) is 11.4. The fourth-order valence-electron chi connectivity index (χ4n) is 9.35. The smallest absolute Gasteiger partial charge is 0.305 e. The highest BCUT2D eigenvalue weighted by Gasteiger charge is 2.66. The largest absolute Gasteiger partial charge is 0.469 e. The number of hydrogen-bond donors (Lipinski definition) is 4. The Balaban J connectivity index is 1.47. The molecule has 11 atom stereocenters. The number of carbonyl (C=O) groups is 1. The Bertz CT molecular complexity index is 792. The number of carbonyl (C=O) groups excluding carboxylic acids is 1. The van der Waals surface area contributed by atoms with E-state index in [4.69, 9.17) is 19.3 Å². The number of hydrogen-bond acceptors (Lipinski definition) is 8. The molecule has 8 heteroatoms. The monoisotopic (exact) mass is 526 g/mol. The molecule has 0 aromatic heterocycles. The summed E-state index contributed by atoms with van der Waals surface area (Å²) in [5, 5.41) is 43.4. The molecule has 4 rings (SSSR count). The Hall–Kier alpha value is -0.770. The summed E-state index contributed by atoms with van der Waals surface area (Å²) >= 11 is 0. The second-order valence-electron chi connectivity index (χ2n) is 13.0. The van der Waals surface area contributed by atoms with Crippen molar-refractivity contribution in [1.29, 1.82) is 0 Å². The van der Waals surface area contributed by atoms with E-state index in [1.807, 2.05) is 0 Å². The van der Waals surface area contributed by atoms with Crippen LogP contribution in [-0.2, 0) is 19.0 Å². The minimum absolute atomic E-state index is 0.0375. The summed E-state index contributed by atoms with van der Waals surface area (Å²) in [7, 11) is 1.43. The minimum atomic E-state index is -1.23. The third kappa shape index (κ3) is 5.36. The first kappa shape index (κ1) is 29.2. The first-order chi connectivity index (χ1) is 17.5. The Morgan fingerprint density at radius 2 is 1.81 bits per heavy atom. The molecular weight excluding hydrogens is 476 g/mol. The van der Waals surface area contributed by atoms with Gasteiger partial charge < -0.3 is 34.6 Å². The molecule has 0 amide bonds. The molecule has 0 aromatic rings. The fourth-order valence-corrected chi connectivity index (χ4v) is 9.35. The maximum atomic E-state index is 11.8. The van der Waals surface area contributed by atoms with Crippen molar-refractivity contribution in [2.24, 2.45) is 46.3 Å². The molecule has 0 aromatic carbocycles. The summed E-state index contributed by atoms with van der Waals surface area (Å²) < 4.78 is 16.0. The van der Waals surface area contributed by atoms with Crippen LogP contribution in [0.3, 0.4) is 0 Å². The summed E-state index contributed by atoms with van der Waals surface area (Å²) in [6.45, 7) is 7.55. The molecule has 0 aliphatic heterocycles. The number of fused-ring (bicyclic) bond motifs is 5. The topological polar surface area (TPSA) is 126 Å². The van der Waals surface area contributed by atoms with Crippen LogP contribution in [0.2, 0.25) is 0 Å². The van der Waals surface area contributed by atoms with Crippen molar-refractivity contribution in [2.45, 2.75) is 96.6 Å². The third-order valence-corrected chi connectivity index (χ3v) is 11.4. The van der Waals surface area contributed by atoms with Crippen molar-refractivity contribution in [2.75, 3.05) is 33.5 Å². The molecule has 4 fully saturated rings. The molecule has 0 bridgehead atoms. The molecule has 0 unspecified atom stereocenters. The summed E-state index contributed by atoms with van der Waals surface area (Å²) in [6.07, 6.45) is 5.41. The Labute approximate surface area is 222 Å². The zero-order valence-electron chi connectivity index (χ0n) is 23.2. The number of methoxy groups -OCH3 is 1. The summed E-state index contributed by atoms with van der Waals surface area (Å²) in [6, 6.07) is 0. The maximum absolute atomic E-state index is 11.8. The standard InChI is InChI=1S/C29H50O8/c1-18(5-8-25(33)35-4)20-6-7-21-26-22(16-24(32)28(20,21)3)27(2)9-10-29(34,17-19(27)15-23(26)31)37-14-13-36-12-11-30/h18-24,26,30-32,34H,5-17H2,1-4H3/t18-,19-,20-,21+,22+,23-,24+,26+,27+,28-,29+/m1/s1. The van der Waals surface area contributed by atoms with Crippen LogP contribution in [0.4, 0.5) is 0 Å². The minimum Gasteiger partial charge on any atom is -0.469 e. The van der Waals surface area contributed by atoms with Gasteiger partial charge in [0.25, 0.3) is 0 Å². The van der Waals surface area contributed by atoms with E-state index in [1.54, 1.807) is 0 Å². The number of aliphatic hydroxyl groups excluding tert-OH is 3. The lowest BCUT2D eigenvalue weighted by Gasteiger charge is -2.64. The van der Waals surface area contributed by atoms with Crippen LogP contribution in [0.5, 0.6) is 0 Å². The maximum Gasteiger partial charge on any atom is 0.305 e. The molecule has 4 aliphatic rings. The van der Waals surface area contributed by atoms with Gasteiger partial charge in [-0.1, -0.05) is 20.8 Å². The fraction of sp³-hybridized carbons (Fsp3) is 0.966. The van der Waals surface area contributed by atoms with E-state index >= 15 is 0 Å². The van der Waals surface area contributed by atoms with Crippen molar-refractivity contribution in [3.05, 3.63) is 0 Å². The zero-order chi connectivity index (χ0) is 27.0. The Morgan fingerprint density at radius 1 is 1.05 bits per heavy atom. The molecule has 0 saturated heterocycles. The van der Waals surface area contributed by atoms with E-state index < -0.39 is 18.0 Å². The molecule has 4 N–H and O–H groups in total. The van der Waals surface area contributed by atoms with Gasteiger partial charge in [0.1, 0.15) is 0 Å². The van der Waals surface area contributed by atoms with E-state index in [9.17, 15) is 20.1 Å². The Morgan fingerprint density at radius 3 is 2.51 bits per heavy atom. The highest BCUT2D eigenvalue weighted by molar-refractivity contribution is 5.69. The molecule has 4 saturated carbocycles. The Kier molecular flexibility index (Phi) is 8.99. The molecule has 214 valence electrons. The predicted molar refractivity (Wildman–Crippen MR) is 137 cm³/mol. The van der Waals surface area contributed by atoms with Gasteiger partial charge in [-0.25, -0.2) is 0 Å². The lowest BCUT2D eigenvalue weighted by atomic mass is 9.43. The molecule has 0 radical (unpaired) electrons. The van der Waals surface area contributed by atoms with Crippen molar-refractivity contribution < 1.29 is 39.4 Å². The predicted octanol–water partition coefficient (Wildman–Crippen LogP) is 2.89. The van der Waals surface area contributed by atoms with E-state index in [0.29, 0.717) is 50.5 Å². The second-order valence-corrected chi connectivity index (χ2v) is 13.0. The van der Waals surface area contributed by atoms with Crippen LogP contribution >= 0.6 is 0 Å². The summed E-state index contributed by atoms with van der Waals surface area (Å²) in [5.74, 6) is -0.0804. The van der Waals surface area contributed by atoms with E-state index in [1.165, 1.54) is 7.11 Å². The van der Waals surface area contributed by atoms with E-state index in [0.717, 1.165) is 25.7 Å². The molecule has 8 nitrogen and oxygen atoms in total. The van der Waals surface area contributed by atoms with Gasteiger partial charge in [-0.2, -0.15) is 0 Å². The van der Waals surface area contributed by atoms with Gasteiger partial charge in [-0.3, -0.25) is 4.79 Å². The first-order valence-corrected chi connectivity index (χ1v) is 14.5. The van der Waals surface area contributed by atoms with Crippen LogP contribution in [0.25, 0.3) is 0 Å². The molecule has 37 heavy (non-hydrogen) atoms. The van der Waals surface area contributed by atoms with Gasteiger partial charge >= 0.3 is 5.97 Å². The van der Waals surface area contributed by atoms with Crippen LogP contribution in [0.15, 0.2) is 0 Å². The molecule has 0 spiro atoms. The van der Waals surface area contributed by atoms with Crippen molar-refractivity contribution >= 4 is 5.97 Å². The normalized spacial score (nSPS) is 46.0. The van der Waals surface area contributed by atoms with Gasteiger partial charge in [0.2, 0.25) is 0 Å². The molecular formula is C29H50O8. The van der Waals surface area contributed by atoms with Gasteiger partial charge in [0.05, 0.1) is 45.7 Å². The SMILES string of the molecule is COC(=O)CC[C@@H](C)[C@H]1CC[C@H]2[C@@H]3[C@H](O)C[C@@H]4C[C@@](O)(OCCOCCO)CC[C@]4(C)[C@H]3C[C@H](O)[C@]12C. The third-order valence-electron chi connectivity index (χ3n) is 11.4. The highest BCUT2D eigenvalue weighted by atomic mass is 16.6. The van der Waals surface area contributed by atoms with Gasteiger partial charge in [0.15, 0.2) is 5.79 Å². The van der Waals surface area contributed by atoms with Crippen molar-refractivity contribution in [3.63, 3.8) is 0 Å². The van der Waals surface area contributed by atoms with Gasteiger partial charge in [-0.05, 0) is 84.9 Å². The van der Waals surface area contributed by atoms with Crippen LogP contribution in [0, 0.1) is 46.3 Å². The lowest BCUT2D eigenvalue weighted by Crippen LogP contribution is -2.63. The van der Waals surface area contributed by atoms with E-state index in [2.05, 4.69) is 20.8 Å². The van der Waals surface area contributed by atoms with E-state index in [-0.39, 0.29) is 60.3 Å². The van der Waals surface area contributed by atoms with Gasteiger partial charge in [-0.15, -0.1) is 0 Å². The average molecular weight is 527 g/mol. The van der Waals surface area contributed by atoms with Crippen LogP contribution in [0.1, 0.15) is 78.6 Å². The lowest BCUT2D eigenvalue weighted by molar-refractivity contribution is -0.275. The molecule has 0 heterocycles. The highest BCUT2D eigenvalue weighted by Crippen LogP contribution is 2.69. The quantitative estimate of drug-likeness (QED) is 0.195. The molecule has 4 aliphatic carbocycles. The average Bonchev–Trinajstić information content (AvgIpc) is 3.22. The number of ether oxygens (including phenoxy) is 3. The van der Waals surface area contributed by atoms with Crippen molar-refractivity contribution in [3.8, 4) is 0 Å². The number of esters is 1. The number of aliphatic hydroxyl groups is 4.